The number of halogens is 4. The summed E-state index contributed by atoms with van der Waals surface area (Å²) < 4.78 is 55.4. The van der Waals surface area contributed by atoms with Gasteiger partial charge in [-0.15, -0.1) is 0 Å². The SMILES string of the molecule is COC(F)(C(=O)Nc1nc2ccccc2s1)C(F)(F)F. The maximum Gasteiger partial charge on any atom is 0.458 e. The Labute approximate surface area is 114 Å². The van der Waals surface area contributed by atoms with E-state index in [1.165, 1.54) is 0 Å². The third-order valence-corrected chi connectivity index (χ3v) is 3.40. The molecule has 1 unspecified atom stereocenters. The van der Waals surface area contributed by atoms with Gasteiger partial charge in [-0.05, 0) is 12.1 Å². The molecular weight excluding hydrogens is 300 g/mol. The molecule has 0 radical (unpaired) electrons. The summed E-state index contributed by atoms with van der Waals surface area (Å²) in [6.07, 6.45) is -5.48. The van der Waals surface area contributed by atoms with Gasteiger partial charge < -0.3 is 4.74 Å². The lowest BCUT2D eigenvalue weighted by atomic mass is 10.3. The fourth-order valence-corrected chi connectivity index (χ4v) is 2.30. The fraction of sp³-hybridized carbons (Fsp3) is 0.273. The molecule has 2 aromatic rings. The number of aromatic nitrogens is 1. The molecule has 1 aromatic carbocycles. The number of carbonyl (C=O) groups is 1. The predicted molar refractivity (Wildman–Crippen MR) is 65.2 cm³/mol. The number of methoxy groups -OCH3 is 1. The normalized spacial score (nSPS) is 15.1. The topological polar surface area (TPSA) is 51.2 Å². The number of benzene rings is 1. The molecule has 0 saturated carbocycles. The molecule has 0 aliphatic rings. The minimum Gasteiger partial charge on any atom is -0.335 e. The second-order valence-electron chi connectivity index (χ2n) is 3.74. The van der Waals surface area contributed by atoms with Crippen molar-refractivity contribution in [3.05, 3.63) is 24.3 Å². The number of thiazole rings is 1. The Morgan fingerprint density at radius 1 is 1.30 bits per heavy atom. The molecule has 1 aromatic heterocycles. The van der Waals surface area contributed by atoms with Gasteiger partial charge in [-0.2, -0.15) is 17.6 Å². The summed E-state index contributed by atoms with van der Waals surface area (Å²) in [6.45, 7) is 0. The monoisotopic (exact) mass is 308 g/mol. The largest absolute Gasteiger partial charge is 0.458 e. The first-order valence-corrected chi connectivity index (χ1v) is 6.07. The highest BCUT2D eigenvalue weighted by molar-refractivity contribution is 7.22. The first-order chi connectivity index (χ1) is 9.28. The molecule has 0 spiro atoms. The molecular formula is C11H8F4N2O2S. The number of nitrogens with one attached hydrogen (secondary N) is 1. The molecule has 1 atom stereocenters. The summed E-state index contributed by atoms with van der Waals surface area (Å²) in [6, 6.07) is 6.67. The molecule has 2 rings (SSSR count). The number of carbonyl (C=O) groups excluding carboxylic acids is 1. The molecule has 0 aliphatic carbocycles. The Morgan fingerprint density at radius 2 is 1.95 bits per heavy atom. The number of fused-ring (bicyclic) bond motifs is 1. The second-order valence-corrected chi connectivity index (χ2v) is 4.77. The number of rotatable bonds is 3. The van der Waals surface area contributed by atoms with E-state index in [1.54, 1.807) is 29.6 Å². The maximum absolute atomic E-state index is 13.6. The van der Waals surface area contributed by atoms with Crippen LogP contribution in [0.1, 0.15) is 0 Å². The van der Waals surface area contributed by atoms with Crippen LogP contribution in [-0.2, 0) is 9.53 Å². The van der Waals surface area contributed by atoms with E-state index in [-0.39, 0.29) is 5.13 Å². The number of anilines is 1. The van der Waals surface area contributed by atoms with Crippen LogP contribution in [0.5, 0.6) is 0 Å². The van der Waals surface area contributed by atoms with Gasteiger partial charge in [0, 0.05) is 7.11 Å². The summed E-state index contributed by atoms with van der Waals surface area (Å²) in [4.78, 5) is 15.3. The lowest BCUT2D eigenvalue weighted by molar-refractivity contribution is -0.305. The van der Waals surface area contributed by atoms with Gasteiger partial charge in [-0.25, -0.2) is 4.98 Å². The van der Waals surface area contributed by atoms with Crippen molar-refractivity contribution in [3.63, 3.8) is 0 Å². The summed E-state index contributed by atoms with van der Waals surface area (Å²) in [5.41, 5.74) is 0.488. The molecule has 108 valence electrons. The van der Waals surface area contributed by atoms with Crippen molar-refractivity contribution in [1.82, 2.24) is 4.98 Å². The van der Waals surface area contributed by atoms with Crippen molar-refractivity contribution in [2.45, 2.75) is 12.0 Å². The van der Waals surface area contributed by atoms with Crippen LogP contribution in [0, 0.1) is 0 Å². The molecule has 0 fully saturated rings. The Bertz CT molecular complexity index is 610. The van der Waals surface area contributed by atoms with Crippen LogP contribution < -0.4 is 5.32 Å². The van der Waals surface area contributed by atoms with Crippen molar-refractivity contribution >= 4 is 32.6 Å². The summed E-state index contributed by atoms with van der Waals surface area (Å²) in [5, 5.41) is 1.64. The highest BCUT2D eigenvalue weighted by Gasteiger charge is 2.63. The smallest absolute Gasteiger partial charge is 0.335 e. The van der Waals surface area contributed by atoms with Crippen LogP contribution >= 0.6 is 11.3 Å². The quantitative estimate of drug-likeness (QED) is 0.886. The Hall–Kier alpha value is -1.74. The standard InChI is InChI=1S/C11H8F4N2O2S/c1-19-10(12,11(13,14)15)8(18)17-9-16-6-4-2-3-5-7(6)20-9/h2-5H,1H3,(H,16,17,18). The van der Waals surface area contributed by atoms with Crippen LogP contribution in [0.15, 0.2) is 24.3 Å². The molecule has 20 heavy (non-hydrogen) atoms. The van der Waals surface area contributed by atoms with E-state index in [0.29, 0.717) is 17.3 Å². The van der Waals surface area contributed by atoms with Crippen LogP contribution in [0.2, 0.25) is 0 Å². The number of nitrogens with zero attached hydrogens (tertiary/aromatic N) is 1. The van der Waals surface area contributed by atoms with Gasteiger partial charge >= 0.3 is 17.9 Å². The van der Waals surface area contributed by atoms with E-state index in [4.69, 9.17) is 0 Å². The van der Waals surface area contributed by atoms with Gasteiger partial charge in [0.25, 0.3) is 0 Å². The zero-order chi connectivity index (χ0) is 15.0. The third kappa shape index (κ3) is 2.46. The van der Waals surface area contributed by atoms with E-state index in [9.17, 15) is 22.4 Å². The van der Waals surface area contributed by atoms with Gasteiger partial charge in [0.15, 0.2) is 5.13 Å². The number of ether oxygens (including phenoxy) is 1. The van der Waals surface area contributed by atoms with Crippen molar-refractivity contribution in [3.8, 4) is 0 Å². The molecule has 9 heteroatoms. The Morgan fingerprint density at radius 3 is 2.50 bits per heavy atom. The van der Waals surface area contributed by atoms with Gasteiger partial charge in [-0.3, -0.25) is 10.1 Å². The number of alkyl halides is 4. The molecule has 1 N–H and O–H groups in total. The molecule has 0 bridgehead atoms. The van der Waals surface area contributed by atoms with E-state index in [1.807, 2.05) is 0 Å². The third-order valence-electron chi connectivity index (χ3n) is 2.45. The van der Waals surface area contributed by atoms with Crippen molar-refractivity contribution in [2.24, 2.45) is 0 Å². The average Bonchev–Trinajstić information content (AvgIpc) is 2.78. The lowest BCUT2D eigenvalue weighted by Crippen LogP contribution is -2.52. The van der Waals surface area contributed by atoms with Crippen LogP contribution in [0.3, 0.4) is 0 Å². The number of hydrogen-bond acceptors (Lipinski definition) is 4. The van der Waals surface area contributed by atoms with E-state index in [2.05, 4.69) is 9.72 Å². The average molecular weight is 308 g/mol. The molecule has 1 amide bonds. The second kappa shape index (κ2) is 4.98. The minimum absolute atomic E-state index is 0.139. The summed E-state index contributed by atoms with van der Waals surface area (Å²) in [5.74, 6) is -6.38. The van der Waals surface area contributed by atoms with E-state index < -0.39 is 17.9 Å². The molecule has 0 saturated heterocycles. The Kier molecular flexibility index (Phi) is 3.65. The van der Waals surface area contributed by atoms with Gasteiger partial charge in [-0.1, -0.05) is 23.5 Å². The first-order valence-electron chi connectivity index (χ1n) is 5.26. The number of para-hydroxylation sites is 1. The van der Waals surface area contributed by atoms with E-state index >= 15 is 0 Å². The van der Waals surface area contributed by atoms with Crippen molar-refractivity contribution in [1.29, 1.82) is 0 Å². The summed E-state index contributed by atoms with van der Waals surface area (Å²) >= 11 is 0.930. The van der Waals surface area contributed by atoms with Crippen LogP contribution in [0.25, 0.3) is 10.2 Å². The molecule has 0 aliphatic heterocycles. The maximum atomic E-state index is 13.6. The van der Waals surface area contributed by atoms with Gasteiger partial charge in [0.1, 0.15) is 0 Å². The summed E-state index contributed by atoms with van der Waals surface area (Å²) in [7, 11) is 0.464. The van der Waals surface area contributed by atoms with Crippen molar-refractivity contribution in [2.75, 3.05) is 12.4 Å². The zero-order valence-electron chi connectivity index (χ0n) is 9.99. The zero-order valence-corrected chi connectivity index (χ0v) is 10.8. The fourth-order valence-electron chi connectivity index (χ4n) is 1.44. The van der Waals surface area contributed by atoms with Gasteiger partial charge in [0.05, 0.1) is 10.2 Å². The predicted octanol–water partition coefficient (Wildman–Crippen LogP) is 3.11. The highest BCUT2D eigenvalue weighted by Crippen LogP contribution is 2.36. The van der Waals surface area contributed by atoms with E-state index in [0.717, 1.165) is 11.3 Å². The lowest BCUT2D eigenvalue weighted by Gasteiger charge is -2.24. The van der Waals surface area contributed by atoms with Crippen LogP contribution in [0.4, 0.5) is 22.7 Å². The molecule has 1 heterocycles. The van der Waals surface area contributed by atoms with Gasteiger partial charge in [0.2, 0.25) is 0 Å². The first kappa shape index (κ1) is 14.7. The highest BCUT2D eigenvalue weighted by atomic mass is 32.1. The molecule has 4 nitrogen and oxygen atoms in total. The number of amides is 1. The Balaban J connectivity index is 2.26. The van der Waals surface area contributed by atoms with Crippen LogP contribution in [-0.4, -0.2) is 30.0 Å². The minimum atomic E-state index is -5.48. The number of hydrogen-bond donors (Lipinski definition) is 1. The van der Waals surface area contributed by atoms with Crippen molar-refractivity contribution < 1.29 is 27.1 Å².